The number of nitrogens with one attached hydrogen (secondary N) is 1. The number of carbonyl (C=O) groups is 2. The first kappa shape index (κ1) is 16.2. The number of carbonyl (C=O) groups excluding carboxylic acids is 2. The monoisotopic (exact) mass is 336 g/mol. The van der Waals surface area contributed by atoms with Gasteiger partial charge in [-0.3, -0.25) is 10.1 Å². The van der Waals surface area contributed by atoms with Gasteiger partial charge in [-0.05, 0) is 44.4 Å². The van der Waals surface area contributed by atoms with Crippen LogP contribution >= 0.6 is 11.3 Å². The molecule has 1 aliphatic carbocycles. The molecule has 3 amide bonds. The number of aromatic nitrogens is 1. The Balaban J connectivity index is 1.53. The highest BCUT2D eigenvalue weighted by Gasteiger charge is 2.24. The summed E-state index contributed by atoms with van der Waals surface area (Å²) in [6.07, 6.45) is 7.89. The van der Waals surface area contributed by atoms with Crippen LogP contribution in [-0.2, 0) is 17.6 Å². The van der Waals surface area contributed by atoms with E-state index in [1.165, 1.54) is 29.8 Å². The van der Waals surface area contributed by atoms with E-state index >= 15 is 0 Å². The number of fused-ring (bicyclic) bond motifs is 1. The van der Waals surface area contributed by atoms with E-state index in [2.05, 4.69) is 10.3 Å². The average Bonchev–Trinajstić information content (AvgIpc) is 2.76. The lowest BCUT2D eigenvalue weighted by Crippen LogP contribution is -2.41. The second-order valence-electron chi connectivity index (χ2n) is 6.48. The van der Waals surface area contributed by atoms with Crippen LogP contribution in [0.1, 0.15) is 49.1 Å². The molecule has 0 saturated carbocycles. The summed E-state index contributed by atoms with van der Waals surface area (Å²) >= 11 is 1.62. The van der Waals surface area contributed by atoms with Crippen molar-refractivity contribution in [2.24, 2.45) is 11.7 Å². The summed E-state index contributed by atoms with van der Waals surface area (Å²) in [6, 6.07) is -0.0774. The van der Waals surface area contributed by atoms with Crippen molar-refractivity contribution in [2.45, 2.75) is 51.4 Å². The minimum absolute atomic E-state index is 0.0774. The fraction of sp³-hybridized carbons (Fsp3) is 0.688. The maximum atomic E-state index is 12.4. The van der Waals surface area contributed by atoms with Gasteiger partial charge in [0.25, 0.3) is 0 Å². The smallest absolute Gasteiger partial charge is 0.323 e. The lowest BCUT2D eigenvalue weighted by Gasteiger charge is -2.31. The van der Waals surface area contributed by atoms with Crippen molar-refractivity contribution in [3.63, 3.8) is 0 Å². The molecule has 3 N–H and O–H groups in total. The van der Waals surface area contributed by atoms with Gasteiger partial charge in [0.05, 0.1) is 5.69 Å². The van der Waals surface area contributed by atoms with Gasteiger partial charge < -0.3 is 10.6 Å². The number of amides is 3. The third-order valence-electron chi connectivity index (χ3n) is 4.70. The van der Waals surface area contributed by atoms with E-state index in [0.29, 0.717) is 25.4 Å². The first-order valence-corrected chi connectivity index (χ1v) is 9.26. The molecule has 126 valence electrons. The SMILES string of the molecule is NC(=O)CC1CCN(C(=O)Nc2nc3c(s2)CCCCC3)CC1. The van der Waals surface area contributed by atoms with Crippen LogP contribution < -0.4 is 11.1 Å². The van der Waals surface area contributed by atoms with Gasteiger partial charge in [0.15, 0.2) is 5.13 Å². The Labute approximate surface area is 140 Å². The third-order valence-corrected chi connectivity index (χ3v) is 5.77. The number of nitrogens with two attached hydrogens (primary N) is 1. The normalized spacial score (nSPS) is 19.0. The highest BCUT2D eigenvalue weighted by molar-refractivity contribution is 7.15. The Kier molecular flexibility index (Phi) is 5.15. The number of piperidine rings is 1. The number of primary amides is 1. The second kappa shape index (κ2) is 7.29. The summed E-state index contributed by atoms with van der Waals surface area (Å²) < 4.78 is 0. The van der Waals surface area contributed by atoms with E-state index in [9.17, 15) is 9.59 Å². The van der Waals surface area contributed by atoms with Gasteiger partial charge in [-0.2, -0.15) is 0 Å². The van der Waals surface area contributed by atoms with Gasteiger partial charge in [-0.1, -0.05) is 6.42 Å². The minimum Gasteiger partial charge on any atom is -0.370 e. The molecule has 23 heavy (non-hydrogen) atoms. The molecule has 1 saturated heterocycles. The first-order chi connectivity index (χ1) is 11.1. The molecule has 0 radical (unpaired) electrons. The maximum Gasteiger partial charge on any atom is 0.323 e. The van der Waals surface area contributed by atoms with Gasteiger partial charge >= 0.3 is 6.03 Å². The highest BCUT2D eigenvalue weighted by atomic mass is 32.1. The van der Waals surface area contributed by atoms with Crippen LogP contribution in [0.4, 0.5) is 9.93 Å². The van der Waals surface area contributed by atoms with Crippen LogP contribution in [-0.4, -0.2) is 34.9 Å². The van der Waals surface area contributed by atoms with Crippen LogP contribution in [0, 0.1) is 5.92 Å². The Morgan fingerprint density at radius 3 is 2.70 bits per heavy atom. The quantitative estimate of drug-likeness (QED) is 0.831. The molecular weight excluding hydrogens is 312 g/mol. The molecule has 1 aliphatic heterocycles. The molecule has 7 heteroatoms. The predicted molar refractivity (Wildman–Crippen MR) is 90.5 cm³/mol. The van der Waals surface area contributed by atoms with E-state index in [1.807, 2.05) is 4.90 Å². The number of hydrogen-bond acceptors (Lipinski definition) is 4. The predicted octanol–water partition coefficient (Wildman–Crippen LogP) is 2.53. The topological polar surface area (TPSA) is 88.3 Å². The largest absolute Gasteiger partial charge is 0.370 e. The van der Waals surface area contributed by atoms with Crippen molar-refractivity contribution in [3.05, 3.63) is 10.6 Å². The number of aryl methyl sites for hydroxylation is 2. The maximum absolute atomic E-state index is 12.4. The van der Waals surface area contributed by atoms with Crippen molar-refractivity contribution in [1.82, 2.24) is 9.88 Å². The Hall–Kier alpha value is -1.63. The number of urea groups is 1. The zero-order valence-electron chi connectivity index (χ0n) is 13.3. The van der Waals surface area contributed by atoms with Crippen LogP contribution in [0.15, 0.2) is 0 Å². The summed E-state index contributed by atoms with van der Waals surface area (Å²) in [4.78, 5) is 31.1. The molecule has 0 atom stereocenters. The summed E-state index contributed by atoms with van der Waals surface area (Å²) in [6.45, 7) is 1.35. The van der Waals surface area contributed by atoms with Crippen molar-refractivity contribution in [2.75, 3.05) is 18.4 Å². The van der Waals surface area contributed by atoms with E-state index in [0.717, 1.165) is 30.8 Å². The van der Waals surface area contributed by atoms with Crippen molar-refractivity contribution >= 4 is 28.4 Å². The molecular formula is C16H24N4O2S. The van der Waals surface area contributed by atoms with E-state index in [-0.39, 0.29) is 11.9 Å². The number of hydrogen-bond donors (Lipinski definition) is 2. The number of anilines is 1. The summed E-state index contributed by atoms with van der Waals surface area (Å²) in [5.41, 5.74) is 6.41. The second-order valence-corrected chi connectivity index (χ2v) is 7.56. The van der Waals surface area contributed by atoms with Crippen LogP contribution in [0.2, 0.25) is 0 Å². The lowest BCUT2D eigenvalue weighted by molar-refractivity contribution is -0.119. The van der Waals surface area contributed by atoms with E-state index < -0.39 is 0 Å². The summed E-state index contributed by atoms with van der Waals surface area (Å²) in [7, 11) is 0. The summed E-state index contributed by atoms with van der Waals surface area (Å²) in [5.74, 6) is 0.0599. The van der Waals surface area contributed by atoms with Gasteiger partial charge in [0.1, 0.15) is 0 Å². The molecule has 1 aromatic rings. The molecule has 0 aromatic carbocycles. The van der Waals surface area contributed by atoms with Crippen LogP contribution in [0.5, 0.6) is 0 Å². The fourth-order valence-corrected chi connectivity index (χ4v) is 4.42. The molecule has 2 aliphatic rings. The van der Waals surface area contributed by atoms with Crippen LogP contribution in [0.25, 0.3) is 0 Å². The number of rotatable bonds is 3. The molecule has 2 heterocycles. The molecule has 6 nitrogen and oxygen atoms in total. The molecule has 3 rings (SSSR count). The zero-order valence-corrected chi connectivity index (χ0v) is 14.2. The molecule has 1 aromatic heterocycles. The Morgan fingerprint density at radius 1 is 1.22 bits per heavy atom. The fourth-order valence-electron chi connectivity index (χ4n) is 3.38. The Bertz CT molecular complexity index is 555. The number of likely N-dealkylation sites (tertiary alicyclic amines) is 1. The van der Waals surface area contributed by atoms with Crippen molar-refractivity contribution in [3.8, 4) is 0 Å². The zero-order chi connectivity index (χ0) is 16.2. The minimum atomic E-state index is -0.253. The van der Waals surface area contributed by atoms with Crippen molar-refractivity contribution in [1.29, 1.82) is 0 Å². The standard InChI is InChI=1S/C16H24N4O2S/c17-14(21)10-11-6-8-20(9-7-11)16(22)19-15-18-12-4-2-1-3-5-13(12)23-15/h11H,1-10H2,(H2,17,21)(H,18,19,22). The molecule has 1 fully saturated rings. The average molecular weight is 336 g/mol. The number of nitrogens with zero attached hydrogens (tertiary/aromatic N) is 2. The lowest BCUT2D eigenvalue weighted by atomic mass is 9.93. The number of thiazole rings is 1. The van der Waals surface area contributed by atoms with Gasteiger partial charge in [-0.25, -0.2) is 9.78 Å². The van der Waals surface area contributed by atoms with Gasteiger partial charge in [0.2, 0.25) is 5.91 Å². The molecule has 0 unspecified atom stereocenters. The molecule has 0 bridgehead atoms. The van der Waals surface area contributed by atoms with Crippen LogP contribution in [0.3, 0.4) is 0 Å². The van der Waals surface area contributed by atoms with Gasteiger partial charge in [-0.15, -0.1) is 11.3 Å². The first-order valence-electron chi connectivity index (χ1n) is 8.44. The van der Waals surface area contributed by atoms with Gasteiger partial charge in [0, 0.05) is 24.4 Å². The third kappa shape index (κ3) is 4.22. The Morgan fingerprint density at radius 2 is 1.96 bits per heavy atom. The van der Waals surface area contributed by atoms with E-state index in [1.54, 1.807) is 11.3 Å². The van der Waals surface area contributed by atoms with E-state index in [4.69, 9.17) is 5.73 Å². The molecule has 0 spiro atoms. The highest BCUT2D eigenvalue weighted by Crippen LogP contribution is 2.29. The van der Waals surface area contributed by atoms with Crippen molar-refractivity contribution < 1.29 is 9.59 Å². The summed E-state index contributed by atoms with van der Waals surface area (Å²) in [5, 5.41) is 3.67.